The van der Waals surface area contributed by atoms with Crippen LogP contribution in [0.3, 0.4) is 0 Å². The number of ketones is 1. The highest BCUT2D eigenvalue weighted by Crippen LogP contribution is 2.43. The highest BCUT2D eigenvalue weighted by atomic mass is 79.9. The molecule has 1 aromatic rings. The molecular formula is C14H15BrN2O. The van der Waals surface area contributed by atoms with Gasteiger partial charge in [-0.2, -0.15) is 0 Å². The molecule has 0 aliphatic carbocycles. The van der Waals surface area contributed by atoms with Gasteiger partial charge in [0.15, 0.2) is 5.78 Å². The molecule has 0 amide bonds. The molecule has 4 heteroatoms. The van der Waals surface area contributed by atoms with E-state index in [4.69, 9.17) is 0 Å². The summed E-state index contributed by atoms with van der Waals surface area (Å²) in [7, 11) is 0. The fourth-order valence-corrected chi connectivity index (χ4v) is 4.65. The number of rotatable bonds is 1. The van der Waals surface area contributed by atoms with Gasteiger partial charge >= 0.3 is 0 Å². The van der Waals surface area contributed by atoms with E-state index in [1.165, 1.54) is 5.56 Å². The van der Waals surface area contributed by atoms with Crippen molar-refractivity contribution in [3.63, 3.8) is 0 Å². The van der Waals surface area contributed by atoms with E-state index in [2.05, 4.69) is 31.8 Å². The van der Waals surface area contributed by atoms with Gasteiger partial charge in [-0.1, -0.05) is 34.1 Å². The normalized spacial score (nSPS) is 41.4. The van der Waals surface area contributed by atoms with Crippen molar-refractivity contribution in [2.45, 2.75) is 5.41 Å². The van der Waals surface area contributed by atoms with Crippen molar-refractivity contribution in [3.05, 3.63) is 34.3 Å². The third kappa shape index (κ3) is 1.34. The Balaban J connectivity index is 1.87. The molecule has 94 valence electrons. The van der Waals surface area contributed by atoms with Crippen LogP contribution in [-0.2, 0) is 10.2 Å². The number of carbonyl (C=O) groups is 1. The number of Topliss-reactive ketones (excluding diaryl/α,β-unsaturated/α-hetero) is 1. The first kappa shape index (κ1) is 11.1. The Hall–Kier alpha value is -0.710. The predicted octanol–water partition coefficient (Wildman–Crippen LogP) is 1.47. The molecule has 18 heavy (non-hydrogen) atoms. The topological polar surface area (TPSA) is 23.6 Å². The zero-order valence-electron chi connectivity index (χ0n) is 10.1. The summed E-state index contributed by atoms with van der Waals surface area (Å²) in [5.41, 5.74) is 0.883. The lowest BCUT2D eigenvalue weighted by Gasteiger charge is -2.58. The number of piperidine rings is 2. The van der Waals surface area contributed by atoms with Crippen LogP contribution in [0, 0.1) is 5.92 Å². The Labute approximate surface area is 115 Å². The first-order chi connectivity index (χ1) is 8.69. The minimum atomic E-state index is -0.292. The molecule has 0 radical (unpaired) electrons. The maximum Gasteiger partial charge on any atom is 0.151 e. The van der Waals surface area contributed by atoms with E-state index in [9.17, 15) is 4.79 Å². The lowest BCUT2D eigenvalue weighted by molar-refractivity contribution is -0.153. The Kier molecular flexibility index (Phi) is 2.26. The highest BCUT2D eigenvalue weighted by molar-refractivity contribution is 9.10. The third-order valence-corrected chi connectivity index (χ3v) is 5.27. The summed E-state index contributed by atoms with van der Waals surface area (Å²) in [5.74, 6) is 0.676. The molecule has 2 atom stereocenters. The number of hydrogen-bond acceptors (Lipinski definition) is 3. The van der Waals surface area contributed by atoms with Gasteiger partial charge in [0.05, 0.1) is 12.1 Å². The molecule has 4 aliphatic heterocycles. The monoisotopic (exact) mass is 306 g/mol. The Morgan fingerprint density at radius 1 is 1.17 bits per heavy atom. The van der Waals surface area contributed by atoms with E-state index >= 15 is 0 Å². The number of carbonyl (C=O) groups excluding carboxylic acids is 1. The van der Waals surface area contributed by atoms with E-state index < -0.39 is 0 Å². The molecule has 4 bridgehead atoms. The highest BCUT2D eigenvalue weighted by Gasteiger charge is 2.56. The van der Waals surface area contributed by atoms with Gasteiger partial charge in [0.25, 0.3) is 0 Å². The standard InChI is InChI=1S/C14H15BrN2O/c15-12-4-2-1-3-11(12)14-7-16-5-10(13(14)18)6-17(8-14)9-16/h1-4,10H,5-9H2. The maximum absolute atomic E-state index is 12.8. The van der Waals surface area contributed by atoms with Crippen LogP contribution in [0.15, 0.2) is 28.7 Å². The SMILES string of the molecule is O=C1C2CN3CN(C2)CC1(c1ccccc1Br)C3. The number of halogens is 1. The molecule has 4 aliphatic rings. The van der Waals surface area contributed by atoms with Gasteiger partial charge in [-0.15, -0.1) is 0 Å². The van der Waals surface area contributed by atoms with Gasteiger partial charge in [0.1, 0.15) is 0 Å². The Morgan fingerprint density at radius 2 is 1.83 bits per heavy atom. The van der Waals surface area contributed by atoms with E-state index in [1.54, 1.807) is 0 Å². The zero-order valence-corrected chi connectivity index (χ0v) is 11.7. The lowest BCUT2D eigenvalue weighted by Crippen LogP contribution is -2.73. The van der Waals surface area contributed by atoms with Crippen LogP contribution >= 0.6 is 15.9 Å². The van der Waals surface area contributed by atoms with Crippen molar-refractivity contribution < 1.29 is 4.79 Å². The average molecular weight is 307 g/mol. The van der Waals surface area contributed by atoms with E-state index in [0.717, 1.165) is 37.3 Å². The van der Waals surface area contributed by atoms with Crippen LogP contribution in [0.25, 0.3) is 0 Å². The molecule has 4 fully saturated rings. The summed E-state index contributed by atoms with van der Waals surface area (Å²) in [6.07, 6.45) is 0. The molecule has 1 aromatic carbocycles. The van der Waals surface area contributed by atoms with Crippen LogP contribution in [0.4, 0.5) is 0 Å². The number of hydrogen-bond donors (Lipinski definition) is 0. The molecule has 0 spiro atoms. The van der Waals surface area contributed by atoms with Crippen LogP contribution in [-0.4, -0.2) is 48.4 Å². The summed E-state index contributed by atoms with van der Waals surface area (Å²) < 4.78 is 1.07. The summed E-state index contributed by atoms with van der Waals surface area (Å²) in [6.45, 7) is 4.74. The molecule has 5 rings (SSSR count). The van der Waals surface area contributed by atoms with Crippen molar-refractivity contribution in [2.24, 2.45) is 5.92 Å². The fraction of sp³-hybridized carbons (Fsp3) is 0.500. The molecule has 4 heterocycles. The molecule has 0 aromatic heterocycles. The molecule has 0 saturated carbocycles. The second kappa shape index (κ2) is 3.65. The van der Waals surface area contributed by atoms with Crippen molar-refractivity contribution >= 4 is 21.7 Å². The smallest absolute Gasteiger partial charge is 0.151 e. The molecule has 2 unspecified atom stereocenters. The lowest BCUT2D eigenvalue weighted by atomic mass is 9.65. The Bertz CT molecular complexity index is 516. The van der Waals surface area contributed by atoms with Gasteiger partial charge < -0.3 is 0 Å². The summed E-state index contributed by atoms with van der Waals surface area (Å²) in [6, 6.07) is 8.21. The van der Waals surface area contributed by atoms with Crippen molar-refractivity contribution in [1.29, 1.82) is 0 Å². The van der Waals surface area contributed by atoms with Gasteiger partial charge in [0, 0.05) is 36.6 Å². The van der Waals surface area contributed by atoms with Crippen LogP contribution < -0.4 is 0 Å². The minimum absolute atomic E-state index is 0.216. The van der Waals surface area contributed by atoms with E-state index in [0.29, 0.717) is 5.78 Å². The predicted molar refractivity (Wildman–Crippen MR) is 72.3 cm³/mol. The fourth-order valence-electron chi connectivity index (χ4n) is 3.99. The van der Waals surface area contributed by atoms with Gasteiger partial charge in [-0.3, -0.25) is 14.6 Å². The molecule has 3 nitrogen and oxygen atoms in total. The second-order valence-corrected chi connectivity index (χ2v) is 6.64. The van der Waals surface area contributed by atoms with E-state index in [1.807, 2.05) is 18.2 Å². The van der Waals surface area contributed by atoms with Gasteiger partial charge in [-0.05, 0) is 11.6 Å². The number of nitrogens with zero attached hydrogens (tertiary/aromatic N) is 2. The first-order valence-electron chi connectivity index (χ1n) is 6.43. The second-order valence-electron chi connectivity index (χ2n) is 5.79. The maximum atomic E-state index is 12.8. The summed E-state index contributed by atoms with van der Waals surface area (Å²) >= 11 is 3.62. The van der Waals surface area contributed by atoms with Gasteiger partial charge in [0.2, 0.25) is 0 Å². The minimum Gasteiger partial charge on any atom is -0.298 e. The van der Waals surface area contributed by atoms with Crippen LogP contribution in [0.2, 0.25) is 0 Å². The van der Waals surface area contributed by atoms with Crippen molar-refractivity contribution in [2.75, 3.05) is 32.8 Å². The van der Waals surface area contributed by atoms with Crippen molar-refractivity contribution in [1.82, 2.24) is 9.80 Å². The zero-order chi connectivity index (χ0) is 12.3. The largest absolute Gasteiger partial charge is 0.298 e. The first-order valence-corrected chi connectivity index (χ1v) is 7.22. The van der Waals surface area contributed by atoms with Crippen LogP contribution in [0.5, 0.6) is 0 Å². The average Bonchev–Trinajstić information content (AvgIpc) is 2.35. The summed E-state index contributed by atoms with van der Waals surface area (Å²) in [5, 5.41) is 0. The van der Waals surface area contributed by atoms with Crippen molar-refractivity contribution in [3.8, 4) is 0 Å². The van der Waals surface area contributed by atoms with E-state index in [-0.39, 0.29) is 11.3 Å². The molecule has 4 saturated heterocycles. The molecule has 0 N–H and O–H groups in total. The summed E-state index contributed by atoms with van der Waals surface area (Å²) in [4.78, 5) is 17.6. The van der Waals surface area contributed by atoms with Crippen LogP contribution in [0.1, 0.15) is 5.56 Å². The number of benzene rings is 1. The molecular weight excluding hydrogens is 292 g/mol. The van der Waals surface area contributed by atoms with Gasteiger partial charge in [-0.25, -0.2) is 0 Å². The quantitative estimate of drug-likeness (QED) is 0.785. The third-order valence-electron chi connectivity index (χ3n) is 4.58. The Morgan fingerprint density at radius 3 is 2.50 bits per heavy atom.